The van der Waals surface area contributed by atoms with Crippen molar-refractivity contribution >= 4 is 17.9 Å². The van der Waals surface area contributed by atoms with E-state index in [1.807, 2.05) is 0 Å². The summed E-state index contributed by atoms with van der Waals surface area (Å²) in [6.07, 6.45) is 48.1. The average Bonchev–Trinajstić information content (AvgIpc) is 3.23. The lowest BCUT2D eigenvalue weighted by Crippen LogP contribution is -2.30. The van der Waals surface area contributed by atoms with E-state index in [9.17, 15) is 14.4 Å². The molecule has 0 saturated heterocycles. The van der Waals surface area contributed by atoms with Gasteiger partial charge in [-0.05, 0) is 37.0 Å². The van der Waals surface area contributed by atoms with E-state index in [4.69, 9.17) is 14.2 Å². The second-order valence-electron chi connectivity index (χ2n) is 20.6. The molecule has 0 fully saturated rings. The number of esters is 3. The van der Waals surface area contributed by atoms with Crippen LogP contribution in [-0.4, -0.2) is 37.2 Å². The largest absolute Gasteiger partial charge is 0.462 e. The van der Waals surface area contributed by atoms with Crippen LogP contribution in [0.25, 0.3) is 0 Å². The monoisotopic (exact) mass is 877 g/mol. The molecule has 62 heavy (non-hydrogen) atoms. The molecule has 6 nitrogen and oxygen atoms in total. The molecule has 0 amide bonds. The van der Waals surface area contributed by atoms with E-state index in [1.54, 1.807) is 0 Å². The molecule has 0 bridgehead atoms. The number of carbonyl (C=O) groups is 3. The molecule has 0 aliphatic carbocycles. The van der Waals surface area contributed by atoms with Gasteiger partial charge in [-0.1, -0.05) is 266 Å². The zero-order valence-corrected chi connectivity index (χ0v) is 42.7. The lowest BCUT2D eigenvalue weighted by Gasteiger charge is -2.18. The fourth-order valence-corrected chi connectivity index (χ4v) is 8.47. The summed E-state index contributed by atoms with van der Waals surface area (Å²) in [5.74, 6) is 1.63. The molecular formula is C56H108O6. The Labute approximate surface area is 387 Å². The molecular weight excluding hydrogens is 769 g/mol. The molecule has 0 rings (SSSR count). The van der Waals surface area contributed by atoms with E-state index in [1.165, 1.54) is 186 Å². The van der Waals surface area contributed by atoms with Crippen LogP contribution in [0.4, 0.5) is 0 Å². The number of carbonyl (C=O) groups excluding carboxylic acids is 3. The van der Waals surface area contributed by atoms with Crippen LogP contribution in [0.5, 0.6) is 0 Å². The topological polar surface area (TPSA) is 78.9 Å². The molecule has 368 valence electrons. The van der Waals surface area contributed by atoms with E-state index in [-0.39, 0.29) is 31.1 Å². The summed E-state index contributed by atoms with van der Waals surface area (Å²) in [4.78, 5) is 38.0. The van der Waals surface area contributed by atoms with E-state index in [0.717, 1.165) is 75.5 Å². The van der Waals surface area contributed by atoms with Crippen molar-refractivity contribution in [3.8, 4) is 0 Å². The Morgan fingerprint density at radius 3 is 0.694 bits per heavy atom. The van der Waals surface area contributed by atoms with Gasteiger partial charge in [0.1, 0.15) is 13.2 Å². The normalized spacial score (nSPS) is 12.1. The van der Waals surface area contributed by atoms with Gasteiger partial charge < -0.3 is 14.2 Å². The highest BCUT2D eigenvalue weighted by Crippen LogP contribution is 2.18. The van der Waals surface area contributed by atoms with E-state index in [2.05, 4.69) is 41.5 Å². The molecule has 0 spiro atoms. The third kappa shape index (κ3) is 49.4. The van der Waals surface area contributed by atoms with Crippen molar-refractivity contribution in [2.45, 2.75) is 311 Å². The van der Waals surface area contributed by atoms with Gasteiger partial charge in [-0.2, -0.15) is 0 Å². The van der Waals surface area contributed by atoms with Crippen molar-refractivity contribution in [3.05, 3.63) is 0 Å². The van der Waals surface area contributed by atoms with Gasteiger partial charge in [-0.25, -0.2) is 0 Å². The predicted octanol–water partition coefficient (Wildman–Crippen LogP) is 17.9. The molecule has 0 unspecified atom stereocenters. The number of ether oxygens (including phenoxy) is 3. The van der Waals surface area contributed by atoms with Gasteiger partial charge in [0, 0.05) is 19.3 Å². The summed E-state index contributed by atoms with van der Waals surface area (Å²) in [6, 6.07) is 0. The molecule has 0 aliphatic heterocycles. The second kappa shape index (κ2) is 47.4. The second-order valence-corrected chi connectivity index (χ2v) is 20.6. The summed E-state index contributed by atoms with van der Waals surface area (Å²) < 4.78 is 16.8. The molecule has 0 N–H and O–H groups in total. The Hall–Kier alpha value is -1.59. The van der Waals surface area contributed by atoms with Crippen molar-refractivity contribution in [1.29, 1.82) is 0 Å². The number of unbranched alkanes of at least 4 members (excludes halogenated alkanes) is 32. The summed E-state index contributed by atoms with van der Waals surface area (Å²) in [5, 5.41) is 0. The summed E-state index contributed by atoms with van der Waals surface area (Å²) in [5.41, 5.74) is 0. The van der Waals surface area contributed by atoms with Gasteiger partial charge in [0.2, 0.25) is 0 Å². The minimum Gasteiger partial charge on any atom is -0.462 e. The van der Waals surface area contributed by atoms with Crippen LogP contribution in [-0.2, 0) is 28.6 Å². The molecule has 0 aromatic rings. The minimum atomic E-state index is -0.763. The van der Waals surface area contributed by atoms with Crippen molar-refractivity contribution in [1.82, 2.24) is 0 Å². The quantitative estimate of drug-likeness (QED) is 0.0344. The summed E-state index contributed by atoms with van der Waals surface area (Å²) >= 11 is 0. The van der Waals surface area contributed by atoms with Crippen LogP contribution in [0.3, 0.4) is 0 Å². The Morgan fingerprint density at radius 2 is 0.468 bits per heavy atom. The molecule has 0 aromatic heterocycles. The maximum Gasteiger partial charge on any atom is 0.306 e. The van der Waals surface area contributed by atoms with Crippen molar-refractivity contribution in [3.63, 3.8) is 0 Å². The molecule has 0 aromatic carbocycles. The van der Waals surface area contributed by atoms with Crippen molar-refractivity contribution < 1.29 is 28.6 Å². The van der Waals surface area contributed by atoms with Gasteiger partial charge >= 0.3 is 17.9 Å². The van der Waals surface area contributed by atoms with Crippen LogP contribution in [0.2, 0.25) is 0 Å². The first-order valence-corrected chi connectivity index (χ1v) is 27.6. The van der Waals surface area contributed by atoms with Crippen molar-refractivity contribution in [2.24, 2.45) is 17.8 Å². The first-order chi connectivity index (χ1) is 30.1. The highest BCUT2D eigenvalue weighted by atomic mass is 16.6. The molecule has 0 aliphatic rings. The fourth-order valence-electron chi connectivity index (χ4n) is 8.47. The van der Waals surface area contributed by atoms with Gasteiger partial charge in [0.05, 0.1) is 0 Å². The minimum absolute atomic E-state index is 0.0644. The summed E-state index contributed by atoms with van der Waals surface area (Å²) in [7, 11) is 0. The maximum atomic E-state index is 12.8. The first kappa shape index (κ1) is 60.4. The van der Waals surface area contributed by atoms with Gasteiger partial charge in [0.25, 0.3) is 0 Å². The lowest BCUT2D eigenvalue weighted by molar-refractivity contribution is -0.167. The number of rotatable bonds is 49. The first-order valence-electron chi connectivity index (χ1n) is 27.6. The Morgan fingerprint density at radius 1 is 0.274 bits per heavy atom. The maximum absolute atomic E-state index is 12.8. The third-order valence-corrected chi connectivity index (χ3v) is 12.6. The predicted molar refractivity (Wildman–Crippen MR) is 266 cm³/mol. The van der Waals surface area contributed by atoms with E-state index < -0.39 is 6.10 Å². The Balaban J connectivity index is 4.27. The van der Waals surface area contributed by atoms with Crippen LogP contribution in [0.1, 0.15) is 305 Å². The van der Waals surface area contributed by atoms with Crippen LogP contribution in [0.15, 0.2) is 0 Å². The van der Waals surface area contributed by atoms with Crippen LogP contribution >= 0.6 is 0 Å². The standard InChI is InChI=1S/C56H108O6/c1-50(2)42-36-30-24-18-14-10-7-8-12-16-20-27-33-39-45-54(57)60-48-53(62-56(59)47-41-35-29-23-22-26-32-38-44-52(5)6)49-61-55(58)46-40-34-28-21-17-13-9-11-15-19-25-31-37-43-51(3)4/h50-53H,7-49H2,1-6H3/t53-/m1/s1. The Bertz CT molecular complexity index is 960. The van der Waals surface area contributed by atoms with Gasteiger partial charge in [-0.3, -0.25) is 14.4 Å². The van der Waals surface area contributed by atoms with Crippen LogP contribution < -0.4 is 0 Å². The van der Waals surface area contributed by atoms with E-state index >= 15 is 0 Å². The molecule has 1 atom stereocenters. The summed E-state index contributed by atoms with van der Waals surface area (Å²) in [6.45, 7) is 13.7. The highest BCUT2D eigenvalue weighted by molar-refractivity contribution is 5.71. The molecule has 6 heteroatoms. The highest BCUT2D eigenvalue weighted by Gasteiger charge is 2.19. The Kier molecular flexibility index (Phi) is 46.2. The average molecular weight is 877 g/mol. The molecule has 0 heterocycles. The van der Waals surface area contributed by atoms with Gasteiger partial charge in [-0.15, -0.1) is 0 Å². The fraction of sp³-hybridized carbons (Fsp3) is 0.946. The smallest absolute Gasteiger partial charge is 0.306 e. The molecule has 0 saturated carbocycles. The zero-order valence-electron chi connectivity index (χ0n) is 42.7. The van der Waals surface area contributed by atoms with E-state index in [0.29, 0.717) is 19.3 Å². The third-order valence-electron chi connectivity index (χ3n) is 12.6. The zero-order chi connectivity index (χ0) is 45.6. The molecule has 0 radical (unpaired) electrons. The number of hydrogen-bond donors (Lipinski definition) is 0. The van der Waals surface area contributed by atoms with Crippen molar-refractivity contribution in [2.75, 3.05) is 13.2 Å². The lowest BCUT2D eigenvalue weighted by atomic mass is 10.0. The van der Waals surface area contributed by atoms with Gasteiger partial charge in [0.15, 0.2) is 6.10 Å². The van der Waals surface area contributed by atoms with Crippen LogP contribution in [0, 0.1) is 17.8 Å². The number of hydrogen-bond acceptors (Lipinski definition) is 6. The SMILES string of the molecule is CC(C)CCCCCCCCCCCCCCCCC(=O)OC[C@H](COC(=O)CCCCCCCCCCCCCCCC(C)C)OC(=O)CCCCCCCCCCC(C)C.